The van der Waals surface area contributed by atoms with Gasteiger partial charge in [0.05, 0.1) is 6.04 Å². The number of rotatable bonds is 5. The molecule has 1 aliphatic rings. The molecule has 3 aromatic rings. The molecule has 1 aliphatic heterocycles. The Morgan fingerprint density at radius 3 is 2.69 bits per heavy atom. The minimum Gasteiger partial charge on any atom is -0.457 e. The molecule has 1 aromatic heterocycles. The van der Waals surface area contributed by atoms with Gasteiger partial charge in [0.1, 0.15) is 11.5 Å². The number of benzene rings is 2. The molecular formula is C23H25N3O3. The van der Waals surface area contributed by atoms with Crippen molar-refractivity contribution in [2.24, 2.45) is 0 Å². The summed E-state index contributed by atoms with van der Waals surface area (Å²) in [5, 5.41) is 0. The third-order valence-corrected chi connectivity index (χ3v) is 5.30. The number of piperidine rings is 1. The standard InChI is InChI=1S/C23H25N3O3/c1-17-14-26(23(28)24-22(17)27)19-8-6-12-25(16-19)15-18-7-5-11-21(13-18)29-20-9-3-2-4-10-20/h2-5,7,9-11,13-14,19H,6,8,12,15-16H2,1H3,(H,24,27,28)/t19-/m0/s1. The lowest BCUT2D eigenvalue weighted by Gasteiger charge is -2.33. The Morgan fingerprint density at radius 1 is 1.07 bits per heavy atom. The lowest BCUT2D eigenvalue weighted by atomic mass is 10.0. The summed E-state index contributed by atoms with van der Waals surface area (Å²) in [6.07, 6.45) is 3.62. The summed E-state index contributed by atoms with van der Waals surface area (Å²) in [6.45, 7) is 4.28. The number of hydrogen-bond acceptors (Lipinski definition) is 4. The van der Waals surface area contributed by atoms with Crippen LogP contribution in [0.2, 0.25) is 0 Å². The molecule has 0 saturated carbocycles. The van der Waals surface area contributed by atoms with Crippen molar-refractivity contribution < 1.29 is 4.74 Å². The van der Waals surface area contributed by atoms with Crippen molar-refractivity contribution in [2.45, 2.75) is 32.4 Å². The lowest BCUT2D eigenvalue weighted by molar-refractivity contribution is 0.167. The highest BCUT2D eigenvalue weighted by molar-refractivity contribution is 5.33. The number of aromatic nitrogens is 2. The summed E-state index contributed by atoms with van der Waals surface area (Å²) in [7, 11) is 0. The summed E-state index contributed by atoms with van der Waals surface area (Å²) in [5.74, 6) is 1.63. The molecule has 6 nitrogen and oxygen atoms in total. The third-order valence-electron chi connectivity index (χ3n) is 5.30. The van der Waals surface area contributed by atoms with Crippen LogP contribution in [0.25, 0.3) is 0 Å². The summed E-state index contributed by atoms with van der Waals surface area (Å²) >= 11 is 0. The topological polar surface area (TPSA) is 67.3 Å². The van der Waals surface area contributed by atoms with Crippen LogP contribution in [0.15, 0.2) is 70.4 Å². The Hall–Kier alpha value is -3.12. The van der Waals surface area contributed by atoms with Gasteiger partial charge in [-0.2, -0.15) is 0 Å². The predicted molar refractivity (Wildman–Crippen MR) is 113 cm³/mol. The van der Waals surface area contributed by atoms with E-state index in [1.54, 1.807) is 17.7 Å². The van der Waals surface area contributed by atoms with E-state index in [1.165, 1.54) is 5.56 Å². The van der Waals surface area contributed by atoms with Gasteiger partial charge in [0.2, 0.25) is 0 Å². The first-order valence-electron chi connectivity index (χ1n) is 9.95. The van der Waals surface area contributed by atoms with E-state index in [0.717, 1.165) is 44.0 Å². The highest BCUT2D eigenvalue weighted by atomic mass is 16.5. The molecule has 0 spiro atoms. The Bertz CT molecular complexity index is 1090. The zero-order valence-electron chi connectivity index (χ0n) is 16.5. The number of ether oxygens (including phenoxy) is 1. The molecule has 2 aromatic carbocycles. The summed E-state index contributed by atoms with van der Waals surface area (Å²) in [6, 6.07) is 17.9. The number of nitrogens with one attached hydrogen (secondary N) is 1. The molecular weight excluding hydrogens is 366 g/mol. The molecule has 29 heavy (non-hydrogen) atoms. The number of aryl methyl sites for hydroxylation is 1. The van der Waals surface area contributed by atoms with Crippen molar-refractivity contribution in [2.75, 3.05) is 13.1 Å². The van der Waals surface area contributed by atoms with Crippen LogP contribution >= 0.6 is 0 Å². The fourth-order valence-corrected chi connectivity index (χ4v) is 3.85. The van der Waals surface area contributed by atoms with Crippen LogP contribution in [0.5, 0.6) is 11.5 Å². The average Bonchev–Trinajstić information content (AvgIpc) is 2.72. The number of aromatic amines is 1. The molecule has 6 heteroatoms. The molecule has 1 saturated heterocycles. The first-order chi connectivity index (χ1) is 14.1. The van der Waals surface area contributed by atoms with E-state index in [0.29, 0.717) is 5.56 Å². The molecule has 1 atom stereocenters. The van der Waals surface area contributed by atoms with Crippen molar-refractivity contribution in [3.05, 3.63) is 92.8 Å². The average molecular weight is 391 g/mol. The molecule has 0 unspecified atom stereocenters. The van der Waals surface area contributed by atoms with E-state index in [2.05, 4.69) is 22.0 Å². The number of hydrogen-bond donors (Lipinski definition) is 1. The second-order valence-corrected chi connectivity index (χ2v) is 7.57. The second-order valence-electron chi connectivity index (χ2n) is 7.57. The van der Waals surface area contributed by atoms with Gasteiger partial charge in [-0.15, -0.1) is 0 Å². The van der Waals surface area contributed by atoms with Gasteiger partial charge in [0.25, 0.3) is 5.56 Å². The van der Waals surface area contributed by atoms with Gasteiger partial charge in [-0.25, -0.2) is 4.79 Å². The highest BCUT2D eigenvalue weighted by Crippen LogP contribution is 2.25. The minimum atomic E-state index is -0.328. The van der Waals surface area contributed by atoms with Gasteiger partial charge in [-0.1, -0.05) is 30.3 Å². The maximum Gasteiger partial charge on any atom is 0.328 e. The van der Waals surface area contributed by atoms with Crippen molar-refractivity contribution >= 4 is 0 Å². The van der Waals surface area contributed by atoms with Gasteiger partial charge in [0, 0.05) is 24.8 Å². The summed E-state index contributed by atoms with van der Waals surface area (Å²) < 4.78 is 7.62. The number of H-pyrrole nitrogens is 1. The molecule has 0 amide bonds. The van der Waals surface area contributed by atoms with Gasteiger partial charge in [-0.05, 0) is 56.1 Å². The van der Waals surface area contributed by atoms with Gasteiger partial charge >= 0.3 is 5.69 Å². The molecule has 0 bridgehead atoms. The van der Waals surface area contributed by atoms with Crippen LogP contribution < -0.4 is 16.0 Å². The second kappa shape index (κ2) is 8.49. The fourth-order valence-electron chi connectivity index (χ4n) is 3.85. The van der Waals surface area contributed by atoms with Crippen LogP contribution in [-0.2, 0) is 6.54 Å². The number of para-hydroxylation sites is 1. The molecule has 2 heterocycles. The number of likely N-dealkylation sites (tertiary alicyclic amines) is 1. The van der Waals surface area contributed by atoms with Crippen LogP contribution in [0.1, 0.15) is 30.0 Å². The Labute approximate surface area is 169 Å². The van der Waals surface area contributed by atoms with Gasteiger partial charge < -0.3 is 4.74 Å². The fraction of sp³-hybridized carbons (Fsp3) is 0.304. The van der Waals surface area contributed by atoms with Crippen LogP contribution in [0, 0.1) is 6.92 Å². The first-order valence-corrected chi connectivity index (χ1v) is 9.95. The SMILES string of the molecule is Cc1cn([C@H]2CCCN(Cc3cccc(Oc4ccccc4)c3)C2)c(=O)[nH]c1=O. The largest absolute Gasteiger partial charge is 0.457 e. The van der Waals surface area contributed by atoms with Crippen molar-refractivity contribution in [1.82, 2.24) is 14.5 Å². The number of nitrogens with zero attached hydrogens (tertiary/aromatic N) is 2. The van der Waals surface area contributed by atoms with Crippen LogP contribution in [0.3, 0.4) is 0 Å². The highest BCUT2D eigenvalue weighted by Gasteiger charge is 2.22. The Balaban J connectivity index is 1.46. The zero-order chi connectivity index (χ0) is 20.2. The molecule has 4 rings (SSSR count). The molecule has 0 radical (unpaired) electrons. The van der Waals surface area contributed by atoms with Crippen LogP contribution in [0.4, 0.5) is 0 Å². The van der Waals surface area contributed by atoms with E-state index < -0.39 is 0 Å². The van der Waals surface area contributed by atoms with E-state index >= 15 is 0 Å². The monoisotopic (exact) mass is 391 g/mol. The van der Waals surface area contributed by atoms with Crippen LogP contribution in [-0.4, -0.2) is 27.5 Å². The van der Waals surface area contributed by atoms with E-state index in [-0.39, 0.29) is 17.3 Å². The minimum absolute atomic E-state index is 0.0653. The molecule has 1 fully saturated rings. The Kier molecular flexibility index (Phi) is 5.62. The third kappa shape index (κ3) is 4.66. The Morgan fingerprint density at radius 2 is 1.86 bits per heavy atom. The zero-order valence-corrected chi connectivity index (χ0v) is 16.5. The lowest BCUT2D eigenvalue weighted by Crippen LogP contribution is -2.41. The quantitative estimate of drug-likeness (QED) is 0.723. The molecule has 0 aliphatic carbocycles. The van der Waals surface area contributed by atoms with E-state index in [1.807, 2.05) is 42.5 Å². The smallest absolute Gasteiger partial charge is 0.328 e. The normalized spacial score (nSPS) is 17.2. The van der Waals surface area contributed by atoms with E-state index in [4.69, 9.17) is 4.74 Å². The summed E-state index contributed by atoms with van der Waals surface area (Å²) in [5.41, 5.74) is 1.09. The van der Waals surface area contributed by atoms with E-state index in [9.17, 15) is 9.59 Å². The maximum atomic E-state index is 12.2. The summed E-state index contributed by atoms with van der Waals surface area (Å²) in [4.78, 5) is 28.7. The predicted octanol–water partition coefficient (Wildman–Crippen LogP) is 3.47. The van der Waals surface area contributed by atoms with Crippen molar-refractivity contribution in [3.8, 4) is 11.5 Å². The molecule has 150 valence electrons. The molecule has 1 N–H and O–H groups in total. The maximum absolute atomic E-state index is 12.2. The van der Waals surface area contributed by atoms with Gasteiger partial charge in [0.15, 0.2) is 0 Å². The first kappa shape index (κ1) is 19.2. The van der Waals surface area contributed by atoms with Gasteiger partial charge in [-0.3, -0.25) is 19.2 Å². The van der Waals surface area contributed by atoms with Crippen molar-refractivity contribution in [1.29, 1.82) is 0 Å². The van der Waals surface area contributed by atoms with Crippen molar-refractivity contribution in [3.63, 3.8) is 0 Å².